The van der Waals surface area contributed by atoms with E-state index in [2.05, 4.69) is 46.4 Å². The molecule has 3 heteroatoms. The van der Waals surface area contributed by atoms with E-state index in [0.717, 1.165) is 24.4 Å². The van der Waals surface area contributed by atoms with Crippen LogP contribution in [0.5, 0.6) is 5.75 Å². The number of methoxy groups -OCH3 is 1. The molecule has 0 saturated carbocycles. The Morgan fingerprint density at radius 3 is 2.62 bits per heavy atom. The van der Waals surface area contributed by atoms with Gasteiger partial charge in [0.2, 0.25) is 0 Å². The minimum Gasteiger partial charge on any atom is -0.497 e. The molecule has 21 heavy (non-hydrogen) atoms. The van der Waals surface area contributed by atoms with E-state index >= 15 is 0 Å². The maximum atomic E-state index is 5.36. The van der Waals surface area contributed by atoms with Crippen LogP contribution in [0.3, 0.4) is 0 Å². The third-order valence-corrected chi connectivity index (χ3v) is 3.59. The average Bonchev–Trinajstić information content (AvgIpc) is 3.07. The number of hydrogen-bond donors (Lipinski definition) is 1. The molecule has 2 aromatic carbocycles. The third-order valence-electron chi connectivity index (χ3n) is 3.59. The van der Waals surface area contributed by atoms with Crippen LogP contribution in [0.25, 0.3) is 11.1 Å². The number of ether oxygens (including phenoxy) is 1. The van der Waals surface area contributed by atoms with Crippen molar-refractivity contribution in [1.29, 1.82) is 0 Å². The lowest BCUT2D eigenvalue weighted by molar-refractivity contribution is 0.415. The Kier molecular flexibility index (Phi) is 4.01. The van der Waals surface area contributed by atoms with Gasteiger partial charge < -0.3 is 9.72 Å². The zero-order valence-electron chi connectivity index (χ0n) is 12.0. The fourth-order valence-corrected chi connectivity index (χ4v) is 2.47. The Balaban J connectivity index is 1.91. The summed E-state index contributed by atoms with van der Waals surface area (Å²) in [5, 5.41) is 0. The second-order valence-electron chi connectivity index (χ2n) is 4.92. The Labute approximate surface area is 124 Å². The maximum Gasteiger partial charge on any atom is 0.119 e. The molecule has 0 spiro atoms. The minimum atomic E-state index is 0.885. The van der Waals surface area contributed by atoms with Gasteiger partial charge in [-0.2, -0.15) is 0 Å². The summed E-state index contributed by atoms with van der Waals surface area (Å²) in [7, 11) is 1.70. The number of nitrogens with zero attached hydrogens (tertiary/aromatic N) is 1. The molecule has 0 aliphatic rings. The smallest absolute Gasteiger partial charge is 0.119 e. The topological polar surface area (TPSA) is 37.9 Å². The fourth-order valence-electron chi connectivity index (χ4n) is 2.47. The van der Waals surface area contributed by atoms with Crippen LogP contribution in [-0.2, 0) is 12.8 Å². The maximum absolute atomic E-state index is 5.36. The molecule has 0 amide bonds. The van der Waals surface area contributed by atoms with Gasteiger partial charge >= 0.3 is 0 Å². The van der Waals surface area contributed by atoms with Gasteiger partial charge in [0.25, 0.3) is 0 Å². The highest BCUT2D eigenvalue weighted by Crippen LogP contribution is 2.28. The summed E-state index contributed by atoms with van der Waals surface area (Å²) in [4.78, 5) is 7.44. The minimum absolute atomic E-state index is 0.885. The molecule has 0 fully saturated rings. The van der Waals surface area contributed by atoms with Crippen LogP contribution in [0.2, 0.25) is 0 Å². The molecule has 1 N–H and O–H groups in total. The van der Waals surface area contributed by atoms with Crippen LogP contribution in [0.15, 0.2) is 60.9 Å². The highest BCUT2D eigenvalue weighted by Gasteiger charge is 2.08. The largest absolute Gasteiger partial charge is 0.497 e. The molecule has 3 rings (SSSR count). The number of aromatic amines is 1. The normalized spacial score (nSPS) is 10.5. The molecule has 0 saturated heterocycles. The Hall–Kier alpha value is -2.55. The van der Waals surface area contributed by atoms with Gasteiger partial charge in [-0.1, -0.05) is 36.4 Å². The van der Waals surface area contributed by atoms with E-state index in [9.17, 15) is 0 Å². The van der Waals surface area contributed by atoms with E-state index in [1.807, 2.05) is 18.3 Å². The van der Waals surface area contributed by atoms with Crippen LogP contribution in [-0.4, -0.2) is 17.1 Å². The molecule has 0 aliphatic carbocycles. The zero-order chi connectivity index (χ0) is 14.5. The van der Waals surface area contributed by atoms with Gasteiger partial charge in [-0.15, -0.1) is 0 Å². The number of hydrogen-bond acceptors (Lipinski definition) is 2. The number of aromatic nitrogens is 2. The van der Waals surface area contributed by atoms with Gasteiger partial charge in [-0.05, 0) is 35.2 Å². The van der Waals surface area contributed by atoms with Crippen molar-refractivity contribution in [1.82, 2.24) is 9.97 Å². The van der Waals surface area contributed by atoms with Crippen LogP contribution in [0.4, 0.5) is 0 Å². The Morgan fingerprint density at radius 2 is 1.90 bits per heavy atom. The molecule has 106 valence electrons. The summed E-state index contributed by atoms with van der Waals surface area (Å²) in [5.74, 6) is 1.90. The molecule has 0 radical (unpaired) electrons. The molecule has 3 aromatic rings. The first-order valence-corrected chi connectivity index (χ1v) is 7.07. The van der Waals surface area contributed by atoms with Crippen molar-refractivity contribution >= 4 is 0 Å². The van der Waals surface area contributed by atoms with Gasteiger partial charge in [0.1, 0.15) is 11.6 Å². The lowest BCUT2D eigenvalue weighted by Gasteiger charge is -2.11. The van der Waals surface area contributed by atoms with Crippen molar-refractivity contribution in [2.45, 2.75) is 12.8 Å². The summed E-state index contributed by atoms with van der Waals surface area (Å²) < 4.78 is 5.36. The van der Waals surface area contributed by atoms with Crippen LogP contribution >= 0.6 is 0 Å². The van der Waals surface area contributed by atoms with Crippen molar-refractivity contribution in [3.8, 4) is 16.9 Å². The first kappa shape index (κ1) is 13.4. The zero-order valence-corrected chi connectivity index (χ0v) is 12.0. The first-order chi connectivity index (χ1) is 10.4. The number of aryl methyl sites for hydroxylation is 2. The Bertz CT molecular complexity index is 691. The molecule has 3 nitrogen and oxygen atoms in total. The van der Waals surface area contributed by atoms with E-state index in [0.29, 0.717) is 0 Å². The van der Waals surface area contributed by atoms with Crippen LogP contribution < -0.4 is 4.74 Å². The van der Waals surface area contributed by atoms with E-state index in [1.54, 1.807) is 13.3 Å². The molecule has 0 bridgehead atoms. The lowest BCUT2D eigenvalue weighted by Crippen LogP contribution is -1.97. The molecular formula is C18H18N2O. The SMILES string of the molecule is COc1ccc(CCc2ncc[nH]2)c(-c2ccccc2)c1. The summed E-state index contributed by atoms with van der Waals surface area (Å²) in [6.45, 7) is 0. The second-order valence-corrected chi connectivity index (χ2v) is 4.92. The lowest BCUT2D eigenvalue weighted by atomic mass is 9.96. The molecule has 1 aromatic heterocycles. The highest BCUT2D eigenvalue weighted by molar-refractivity contribution is 5.69. The van der Waals surface area contributed by atoms with Gasteiger partial charge in [-0.3, -0.25) is 0 Å². The molecule has 0 aliphatic heterocycles. The highest BCUT2D eigenvalue weighted by atomic mass is 16.5. The number of H-pyrrole nitrogens is 1. The number of benzene rings is 2. The molecule has 0 unspecified atom stereocenters. The summed E-state index contributed by atoms with van der Waals surface area (Å²) >= 11 is 0. The number of nitrogens with one attached hydrogen (secondary N) is 1. The van der Waals surface area contributed by atoms with E-state index in [1.165, 1.54) is 16.7 Å². The van der Waals surface area contributed by atoms with Gasteiger partial charge in [0.15, 0.2) is 0 Å². The molecule has 1 heterocycles. The number of rotatable bonds is 5. The summed E-state index contributed by atoms with van der Waals surface area (Å²) in [5.41, 5.74) is 3.74. The van der Waals surface area contributed by atoms with Gasteiger partial charge in [-0.25, -0.2) is 4.98 Å². The molecule has 0 atom stereocenters. The standard InChI is InChI=1S/C18H18N2O/c1-21-16-9-7-15(8-10-18-19-11-12-20-18)17(13-16)14-5-3-2-4-6-14/h2-7,9,11-13H,8,10H2,1H3,(H,19,20). The van der Waals surface area contributed by atoms with Gasteiger partial charge in [0.05, 0.1) is 7.11 Å². The van der Waals surface area contributed by atoms with E-state index < -0.39 is 0 Å². The van der Waals surface area contributed by atoms with Crippen LogP contribution in [0.1, 0.15) is 11.4 Å². The van der Waals surface area contributed by atoms with E-state index in [-0.39, 0.29) is 0 Å². The third kappa shape index (κ3) is 3.14. The summed E-state index contributed by atoms with van der Waals surface area (Å²) in [6.07, 6.45) is 5.50. The first-order valence-electron chi connectivity index (χ1n) is 7.07. The van der Waals surface area contributed by atoms with Gasteiger partial charge in [0, 0.05) is 18.8 Å². The number of imidazole rings is 1. The van der Waals surface area contributed by atoms with Crippen LogP contribution in [0, 0.1) is 0 Å². The quantitative estimate of drug-likeness (QED) is 0.769. The van der Waals surface area contributed by atoms with Crippen molar-refractivity contribution < 1.29 is 4.74 Å². The predicted molar refractivity (Wildman–Crippen MR) is 84.4 cm³/mol. The summed E-state index contributed by atoms with van der Waals surface area (Å²) in [6, 6.07) is 16.7. The van der Waals surface area contributed by atoms with Crippen molar-refractivity contribution in [3.63, 3.8) is 0 Å². The molecular weight excluding hydrogens is 260 g/mol. The monoisotopic (exact) mass is 278 g/mol. The van der Waals surface area contributed by atoms with Crippen molar-refractivity contribution in [3.05, 3.63) is 72.3 Å². The average molecular weight is 278 g/mol. The fraction of sp³-hybridized carbons (Fsp3) is 0.167. The van der Waals surface area contributed by atoms with Crippen molar-refractivity contribution in [2.24, 2.45) is 0 Å². The van der Waals surface area contributed by atoms with E-state index in [4.69, 9.17) is 4.74 Å². The predicted octanol–water partition coefficient (Wildman–Crippen LogP) is 3.87. The Morgan fingerprint density at radius 1 is 1.05 bits per heavy atom. The second kappa shape index (κ2) is 6.27. The van der Waals surface area contributed by atoms with Crippen molar-refractivity contribution in [2.75, 3.05) is 7.11 Å².